The Labute approximate surface area is 120 Å². The summed E-state index contributed by atoms with van der Waals surface area (Å²) in [4.78, 5) is 11.8. The molecule has 1 aliphatic carbocycles. The van der Waals surface area contributed by atoms with Crippen molar-refractivity contribution < 1.29 is 9.53 Å². The van der Waals surface area contributed by atoms with E-state index in [2.05, 4.69) is 17.3 Å². The van der Waals surface area contributed by atoms with E-state index < -0.39 is 0 Å². The molecule has 1 aliphatic rings. The lowest BCUT2D eigenvalue weighted by atomic mass is 9.85. The molecule has 1 fully saturated rings. The Kier molecular flexibility index (Phi) is 5.17. The average molecular weight is 279 g/mol. The molecule has 2 unspecified atom stereocenters. The molecule has 112 valence electrons. The van der Waals surface area contributed by atoms with Crippen LogP contribution in [0.25, 0.3) is 0 Å². The van der Waals surface area contributed by atoms with E-state index in [9.17, 15) is 4.79 Å². The quantitative estimate of drug-likeness (QED) is 0.837. The number of hydrogen-bond acceptors (Lipinski definition) is 4. The van der Waals surface area contributed by atoms with Gasteiger partial charge >= 0.3 is 5.97 Å². The fourth-order valence-corrected chi connectivity index (χ4v) is 2.82. The number of aromatic nitrogens is 2. The van der Waals surface area contributed by atoms with Crippen LogP contribution in [0.5, 0.6) is 0 Å². The first-order valence-corrected chi connectivity index (χ1v) is 7.49. The van der Waals surface area contributed by atoms with Gasteiger partial charge in [0, 0.05) is 30.9 Å². The number of ether oxygens (including phenoxy) is 1. The summed E-state index contributed by atoms with van der Waals surface area (Å²) in [6.07, 6.45) is 5.98. The zero-order chi connectivity index (χ0) is 14.5. The molecule has 0 amide bonds. The number of carbonyl (C=O) groups is 1. The molecule has 1 N–H and O–H groups in total. The average Bonchev–Trinajstić information content (AvgIpc) is 2.77. The Hall–Kier alpha value is -1.36. The molecular formula is C15H25N3O2. The van der Waals surface area contributed by atoms with Gasteiger partial charge < -0.3 is 10.1 Å². The summed E-state index contributed by atoms with van der Waals surface area (Å²) >= 11 is 0. The normalized spacial score (nSPS) is 22.8. The number of hydrogen-bond donors (Lipinski definition) is 1. The van der Waals surface area contributed by atoms with Crippen molar-refractivity contribution in [3.05, 3.63) is 17.5 Å². The van der Waals surface area contributed by atoms with E-state index in [0.29, 0.717) is 12.6 Å². The van der Waals surface area contributed by atoms with Gasteiger partial charge in [-0.25, -0.2) is 0 Å². The number of esters is 1. The van der Waals surface area contributed by atoms with E-state index in [4.69, 9.17) is 4.74 Å². The minimum absolute atomic E-state index is 0.0310. The van der Waals surface area contributed by atoms with E-state index in [0.717, 1.165) is 32.2 Å². The Morgan fingerprint density at radius 3 is 3.00 bits per heavy atom. The Bertz CT molecular complexity index is 456. The topological polar surface area (TPSA) is 56.1 Å². The second-order valence-corrected chi connectivity index (χ2v) is 5.57. The summed E-state index contributed by atoms with van der Waals surface area (Å²) in [5, 5.41) is 7.81. The van der Waals surface area contributed by atoms with Crippen LogP contribution in [0.15, 0.2) is 6.20 Å². The molecule has 0 saturated heterocycles. The molecule has 0 aromatic carbocycles. The molecule has 0 spiro atoms. The van der Waals surface area contributed by atoms with Crippen molar-refractivity contribution in [2.45, 2.75) is 52.1 Å². The van der Waals surface area contributed by atoms with Crippen molar-refractivity contribution >= 4 is 5.97 Å². The summed E-state index contributed by atoms with van der Waals surface area (Å²) in [5.74, 6) is 0.0350. The maximum absolute atomic E-state index is 11.8. The summed E-state index contributed by atoms with van der Waals surface area (Å²) in [5.41, 5.74) is 2.42. The molecule has 2 atom stereocenters. The smallest absolute Gasteiger partial charge is 0.308 e. The van der Waals surface area contributed by atoms with Gasteiger partial charge in [-0.1, -0.05) is 6.42 Å². The highest BCUT2D eigenvalue weighted by atomic mass is 16.5. The predicted octanol–water partition coefficient (Wildman–Crippen LogP) is 1.94. The zero-order valence-corrected chi connectivity index (χ0v) is 12.7. The summed E-state index contributed by atoms with van der Waals surface area (Å²) in [7, 11) is 1.95. The molecule has 20 heavy (non-hydrogen) atoms. The van der Waals surface area contributed by atoms with Crippen molar-refractivity contribution in [3.8, 4) is 0 Å². The summed E-state index contributed by atoms with van der Waals surface area (Å²) in [6.45, 7) is 5.23. The van der Waals surface area contributed by atoms with Crippen LogP contribution in [0.4, 0.5) is 0 Å². The SMILES string of the molecule is CCOC(=O)C1CCCC(NCc2cnn(C)c2C)C1. The maximum atomic E-state index is 11.8. The first-order chi connectivity index (χ1) is 9.61. The second-order valence-electron chi connectivity index (χ2n) is 5.57. The van der Waals surface area contributed by atoms with Gasteiger partial charge in [0.05, 0.1) is 18.7 Å². The highest BCUT2D eigenvalue weighted by Gasteiger charge is 2.28. The van der Waals surface area contributed by atoms with Crippen molar-refractivity contribution in [1.82, 2.24) is 15.1 Å². The van der Waals surface area contributed by atoms with Crippen LogP contribution in [0.2, 0.25) is 0 Å². The molecular weight excluding hydrogens is 254 g/mol. The van der Waals surface area contributed by atoms with Gasteiger partial charge in [-0.2, -0.15) is 5.10 Å². The fourth-order valence-electron chi connectivity index (χ4n) is 2.82. The van der Waals surface area contributed by atoms with Crippen LogP contribution < -0.4 is 5.32 Å². The van der Waals surface area contributed by atoms with Crippen LogP contribution in [0.3, 0.4) is 0 Å². The van der Waals surface area contributed by atoms with Crippen LogP contribution in [-0.4, -0.2) is 28.4 Å². The third kappa shape index (κ3) is 3.60. The van der Waals surface area contributed by atoms with Crippen LogP contribution in [0, 0.1) is 12.8 Å². The molecule has 5 heteroatoms. The number of aryl methyl sites for hydroxylation is 1. The van der Waals surface area contributed by atoms with Crippen molar-refractivity contribution in [1.29, 1.82) is 0 Å². The Balaban J connectivity index is 1.84. The van der Waals surface area contributed by atoms with Gasteiger partial charge in [0.1, 0.15) is 0 Å². The lowest BCUT2D eigenvalue weighted by molar-refractivity contribution is -0.149. The van der Waals surface area contributed by atoms with E-state index in [1.54, 1.807) is 0 Å². The van der Waals surface area contributed by atoms with Gasteiger partial charge in [-0.15, -0.1) is 0 Å². The monoisotopic (exact) mass is 279 g/mol. The molecule has 0 aliphatic heterocycles. The highest BCUT2D eigenvalue weighted by Crippen LogP contribution is 2.25. The summed E-state index contributed by atoms with van der Waals surface area (Å²) < 4.78 is 7.02. The zero-order valence-electron chi connectivity index (χ0n) is 12.7. The van der Waals surface area contributed by atoms with Crippen LogP contribution in [-0.2, 0) is 23.1 Å². The first kappa shape index (κ1) is 15.0. The minimum Gasteiger partial charge on any atom is -0.466 e. The van der Waals surface area contributed by atoms with E-state index in [1.165, 1.54) is 11.3 Å². The molecule has 0 radical (unpaired) electrons. The van der Waals surface area contributed by atoms with Gasteiger partial charge in [0.25, 0.3) is 0 Å². The van der Waals surface area contributed by atoms with E-state index in [1.807, 2.05) is 24.9 Å². The molecule has 1 saturated carbocycles. The molecule has 5 nitrogen and oxygen atoms in total. The van der Waals surface area contributed by atoms with E-state index >= 15 is 0 Å². The molecule has 1 aromatic rings. The Morgan fingerprint density at radius 1 is 1.55 bits per heavy atom. The van der Waals surface area contributed by atoms with Gasteiger partial charge in [-0.3, -0.25) is 9.48 Å². The predicted molar refractivity (Wildman–Crippen MR) is 77.2 cm³/mol. The summed E-state index contributed by atoms with van der Waals surface area (Å²) in [6, 6.07) is 0.401. The highest BCUT2D eigenvalue weighted by molar-refractivity contribution is 5.72. The van der Waals surface area contributed by atoms with Crippen molar-refractivity contribution in [2.75, 3.05) is 6.61 Å². The number of carbonyl (C=O) groups excluding carboxylic acids is 1. The molecule has 0 bridgehead atoms. The van der Waals surface area contributed by atoms with Crippen LogP contribution >= 0.6 is 0 Å². The largest absolute Gasteiger partial charge is 0.466 e. The molecule has 1 heterocycles. The molecule has 2 rings (SSSR count). The van der Waals surface area contributed by atoms with Crippen LogP contribution in [0.1, 0.15) is 43.9 Å². The van der Waals surface area contributed by atoms with E-state index in [-0.39, 0.29) is 11.9 Å². The lowest BCUT2D eigenvalue weighted by Gasteiger charge is -2.28. The Morgan fingerprint density at radius 2 is 2.35 bits per heavy atom. The first-order valence-electron chi connectivity index (χ1n) is 7.49. The number of nitrogens with zero attached hydrogens (tertiary/aromatic N) is 2. The third-order valence-electron chi connectivity index (χ3n) is 4.21. The van der Waals surface area contributed by atoms with Gasteiger partial charge in [0.15, 0.2) is 0 Å². The standard InChI is InChI=1S/C15H25N3O2/c1-4-20-15(19)12-6-5-7-14(8-12)16-9-13-10-17-18(3)11(13)2/h10,12,14,16H,4-9H2,1-3H3. The lowest BCUT2D eigenvalue weighted by Crippen LogP contribution is -2.36. The van der Waals surface area contributed by atoms with Gasteiger partial charge in [-0.05, 0) is 33.1 Å². The number of nitrogens with one attached hydrogen (secondary N) is 1. The second kappa shape index (κ2) is 6.88. The molecule has 1 aromatic heterocycles. The minimum atomic E-state index is -0.0310. The van der Waals surface area contributed by atoms with Gasteiger partial charge in [0.2, 0.25) is 0 Å². The van der Waals surface area contributed by atoms with Crippen molar-refractivity contribution in [3.63, 3.8) is 0 Å². The fraction of sp³-hybridized carbons (Fsp3) is 0.733. The maximum Gasteiger partial charge on any atom is 0.308 e. The third-order valence-corrected chi connectivity index (χ3v) is 4.21. The number of rotatable bonds is 5. The van der Waals surface area contributed by atoms with Crippen molar-refractivity contribution in [2.24, 2.45) is 13.0 Å².